The molecule has 12 nitrogen and oxygen atoms in total. The summed E-state index contributed by atoms with van der Waals surface area (Å²) < 4.78 is 20.0. The van der Waals surface area contributed by atoms with E-state index in [9.17, 15) is 28.8 Å². The predicted molar refractivity (Wildman–Crippen MR) is 176 cm³/mol. The molecule has 258 valence electrons. The van der Waals surface area contributed by atoms with Crippen molar-refractivity contribution in [1.29, 1.82) is 0 Å². The third-order valence-electron chi connectivity index (χ3n) is 6.13. The molecule has 0 bridgehead atoms. The Kier molecular flexibility index (Phi) is 19.3. The van der Waals surface area contributed by atoms with Gasteiger partial charge in [0, 0.05) is 0 Å². The van der Waals surface area contributed by atoms with Crippen LogP contribution in [0.5, 0.6) is 0 Å². The largest absolute Gasteiger partial charge is 0.478 e. The van der Waals surface area contributed by atoms with Crippen LogP contribution in [0.4, 0.5) is 0 Å². The van der Waals surface area contributed by atoms with Crippen molar-refractivity contribution < 1.29 is 57.9 Å². The van der Waals surface area contributed by atoms with Gasteiger partial charge in [-0.15, -0.1) is 0 Å². The van der Waals surface area contributed by atoms with Crippen molar-refractivity contribution in [3.8, 4) is 0 Å². The van der Waals surface area contributed by atoms with Gasteiger partial charge < -0.3 is 29.2 Å². The number of unbranched alkanes of at least 4 members (excludes halogenated alkanes) is 2. The van der Waals surface area contributed by atoms with Crippen LogP contribution < -0.4 is 0 Å². The van der Waals surface area contributed by atoms with E-state index in [0.29, 0.717) is 13.2 Å². The van der Waals surface area contributed by atoms with E-state index in [1.54, 1.807) is 62.4 Å². The molecular formula is C36H42O12. The van der Waals surface area contributed by atoms with Gasteiger partial charge in [0.05, 0.1) is 59.8 Å². The van der Waals surface area contributed by atoms with Gasteiger partial charge in [-0.1, -0.05) is 63.1 Å². The third-order valence-corrected chi connectivity index (χ3v) is 6.13. The van der Waals surface area contributed by atoms with Gasteiger partial charge in [-0.05, 0) is 63.1 Å². The molecule has 0 aliphatic rings. The molecule has 0 radical (unpaired) electrons. The molecule has 3 rings (SSSR count). The number of hydrogen-bond acceptors (Lipinski definition) is 10. The molecule has 0 spiro atoms. The number of esters is 4. The molecule has 0 amide bonds. The number of carboxylic acids is 2. The van der Waals surface area contributed by atoms with Crippen LogP contribution in [0, 0.1) is 0 Å². The second-order valence-electron chi connectivity index (χ2n) is 9.67. The Bertz CT molecular complexity index is 1400. The molecule has 3 aromatic rings. The molecule has 0 fully saturated rings. The van der Waals surface area contributed by atoms with E-state index in [1.165, 1.54) is 24.3 Å². The molecule has 0 unspecified atom stereocenters. The summed E-state index contributed by atoms with van der Waals surface area (Å²) in [5.74, 6) is -4.42. The van der Waals surface area contributed by atoms with Crippen LogP contribution in [-0.2, 0) is 18.9 Å². The highest BCUT2D eigenvalue weighted by molar-refractivity contribution is 6.04. The molecule has 0 saturated carbocycles. The summed E-state index contributed by atoms with van der Waals surface area (Å²) in [5, 5.41) is 17.1. The van der Waals surface area contributed by atoms with Crippen molar-refractivity contribution in [2.24, 2.45) is 0 Å². The topological polar surface area (TPSA) is 180 Å². The lowest BCUT2D eigenvalue weighted by atomic mass is 10.1. The van der Waals surface area contributed by atoms with E-state index in [-0.39, 0.29) is 46.6 Å². The molecule has 0 aliphatic carbocycles. The lowest BCUT2D eigenvalue weighted by Crippen LogP contribution is -2.14. The minimum absolute atomic E-state index is 0.190. The molecular weight excluding hydrogens is 624 g/mol. The van der Waals surface area contributed by atoms with Crippen molar-refractivity contribution in [1.82, 2.24) is 0 Å². The van der Waals surface area contributed by atoms with Crippen molar-refractivity contribution >= 4 is 35.8 Å². The number of aromatic carboxylic acids is 2. The van der Waals surface area contributed by atoms with Crippen LogP contribution in [0.2, 0.25) is 0 Å². The van der Waals surface area contributed by atoms with Gasteiger partial charge in [-0.2, -0.15) is 0 Å². The molecule has 2 N–H and O–H groups in total. The van der Waals surface area contributed by atoms with E-state index < -0.39 is 35.8 Å². The molecule has 12 heteroatoms. The fourth-order valence-corrected chi connectivity index (χ4v) is 3.73. The lowest BCUT2D eigenvalue weighted by molar-refractivity contribution is 0.0452. The number of rotatable bonds is 14. The average molecular weight is 667 g/mol. The van der Waals surface area contributed by atoms with Crippen LogP contribution in [0.25, 0.3) is 0 Å². The van der Waals surface area contributed by atoms with Gasteiger partial charge in [0.1, 0.15) is 0 Å². The van der Waals surface area contributed by atoms with E-state index in [2.05, 4.69) is 0 Å². The standard InChI is InChI=1S/C16H22O4.C12H14O4.C8H6O4/c1-3-5-11-19-15(17)13-9-7-8-10-14(13)16(18)20-12-6-4-2;1-3-15-11(13)9-7-5-6-8-10(9)12(14)16-4-2;9-7(10)5-3-1-2-4-6(5)8(11)12/h7-10H,3-6,11-12H2,1-2H3;5-8H,3-4H2,1-2H3;1-4H,(H,9,10)(H,11,12). The smallest absolute Gasteiger partial charge is 0.339 e. The zero-order valence-corrected chi connectivity index (χ0v) is 27.6. The molecule has 0 atom stereocenters. The van der Waals surface area contributed by atoms with Gasteiger partial charge in [-0.3, -0.25) is 0 Å². The van der Waals surface area contributed by atoms with Crippen LogP contribution in [0.3, 0.4) is 0 Å². The fraction of sp³-hybridized carbons (Fsp3) is 0.333. The number of benzene rings is 3. The number of ether oxygens (including phenoxy) is 4. The normalized spacial score (nSPS) is 9.75. The minimum atomic E-state index is -1.23. The summed E-state index contributed by atoms with van der Waals surface area (Å²) in [4.78, 5) is 67.9. The summed E-state index contributed by atoms with van der Waals surface area (Å²) in [6.07, 6.45) is 3.53. The van der Waals surface area contributed by atoms with Gasteiger partial charge in [0.25, 0.3) is 0 Å². The highest BCUT2D eigenvalue weighted by Gasteiger charge is 2.19. The summed E-state index contributed by atoms with van der Waals surface area (Å²) in [6.45, 7) is 8.75. The maximum absolute atomic E-state index is 11.9. The zero-order chi connectivity index (χ0) is 35.9. The number of carboxylic acid groups (broad SMARTS) is 2. The van der Waals surface area contributed by atoms with E-state index in [0.717, 1.165) is 25.7 Å². The highest BCUT2D eigenvalue weighted by Crippen LogP contribution is 2.14. The Balaban J connectivity index is 0.000000371. The fourth-order valence-electron chi connectivity index (χ4n) is 3.73. The Morgan fingerprint density at radius 1 is 0.438 bits per heavy atom. The van der Waals surface area contributed by atoms with Crippen molar-refractivity contribution in [3.63, 3.8) is 0 Å². The van der Waals surface area contributed by atoms with Crippen molar-refractivity contribution in [2.75, 3.05) is 26.4 Å². The summed E-state index contributed by atoms with van der Waals surface area (Å²) in [7, 11) is 0. The number of hydrogen-bond donors (Lipinski definition) is 2. The van der Waals surface area contributed by atoms with Crippen LogP contribution in [0.15, 0.2) is 72.8 Å². The summed E-state index contributed by atoms with van der Waals surface area (Å²) in [5.41, 5.74) is 0.635. The predicted octanol–water partition coefficient (Wildman–Crippen LogP) is 6.72. The lowest BCUT2D eigenvalue weighted by Gasteiger charge is -2.09. The molecule has 48 heavy (non-hydrogen) atoms. The van der Waals surface area contributed by atoms with Crippen LogP contribution in [-0.4, -0.2) is 72.5 Å². The maximum Gasteiger partial charge on any atom is 0.339 e. The monoisotopic (exact) mass is 666 g/mol. The summed E-state index contributed by atoms with van der Waals surface area (Å²) in [6, 6.07) is 18.5. The molecule has 0 heterocycles. The van der Waals surface area contributed by atoms with Gasteiger partial charge in [-0.25, -0.2) is 28.8 Å². The van der Waals surface area contributed by atoms with E-state index >= 15 is 0 Å². The van der Waals surface area contributed by atoms with Crippen molar-refractivity contribution in [3.05, 3.63) is 106 Å². The van der Waals surface area contributed by atoms with Gasteiger partial charge in [0.15, 0.2) is 0 Å². The first-order chi connectivity index (χ1) is 23.0. The van der Waals surface area contributed by atoms with Gasteiger partial charge in [0.2, 0.25) is 0 Å². The SMILES string of the molecule is CCCCOC(=O)c1ccccc1C(=O)OCCCC.CCOC(=O)c1ccccc1C(=O)OCC.O=C(O)c1ccccc1C(=O)O. The second kappa shape index (κ2) is 22.9. The maximum atomic E-state index is 11.9. The first-order valence-electron chi connectivity index (χ1n) is 15.5. The number of carbonyl (C=O) groups excluding carboxylic acids is 4. The second-order valence-corrected chi connectivity index (χ2v) is 9.67. The van der Waals surface area contributed by atoms with E-state index in [4.69, 9.17) is 29.2 Å². The molecule has 0 aliphatic heterocycles. The Morgan fingerprint density at radius 3 is 0.917 bits per heavy atom. The zero-order valence-electron chi connectivity index (χ0n) is 27.6. The first-order valence-corrected chi connectivity index (χ1v) is 15.5. The molecule has 3 aromatic carbocycles. The Hall–Kier alpha value is -5.52. The van der Waals surface area contributed by atoms with Gasteiger partial charge >= 0.3 is 35.8 Å². The van der Waals surface area contributed by atoms with Crippen LogP contribution in [0.1, 0.15) is 116 Å². The first kappa shape index (κ1) is 40.5. The van der Waals surface area contributed by atoms with Crippen molar-refractivity contribution in [2.45, 2.75) is 53.4 Å². The molecule has 0 saturated heterocycles. The quantitative estimate of drug-likeness (QED) is 0.105. The Morgan fingerprint density at radius 2 is 0.688 bits per heavy atom. The summed E-state index contributed by atoms with van der Waals surface area (Å²) >= 11 is 0. The van der Waals surface area contributed by atoms with Crippen LogP contribution >= 0.6 is 0 Å². The third kappa shape index (κ3) is 13.9. The average Bonchev–Trinajstić information content (AvgIpc) is 3.09. The minimum Gasteiger partial charge on any atom is -0.478 e. The Labute approximate surface area is 279 Å². The highest BCUT2D eigenvalue weighted by atomic mass is 16.5. The van der Waals surface area contributed by atoms with E-state index in [1.807, 2.05) is 13.8 Å². The number of carbonyl (C=O) groups is 6. The molecule has 0 aromatic heterocycles.